The molecule has 1 aromatic rings. The Morgan fingerprint density at radius 1 is 0.880 bits per heavy atom. The van der Waals surface area contributed by atoms with Crippen LogP contribution in [-0.4, -0.2) is 58.6 Å². The number of hydrogen-bond acceptors (Lipinski definition) is 5. The molecule has 0 saturated carbocycles. The minimum atomic E-state index is 0.114. The van der Waals surface area contributed by atoms with Crippen molar-refractivity contribution in [2.75, 3.05) is 32.8 Å². The summed E-state index contributed by atoms with van der Waals surface area (Å²) in [6, 6.07) is 0.818. The maximum absolute atomic E-state index is 5.78. The topological polar surface area (TPSA) is 41.5 Å². The van der Waals surface area contributed by atoms with Crippen molar-refractivity contribution in [1.82, 2.24) is 19.8 Å². The van der Waals surface area contributed by atoms with Crippen LogP contribution in [0.4, 0.5) is 0 Å². The molecule has 0 amide bonds. The van der Waals surface area contributed by atoms with E-state index in [0.717, 1.165) is 31.4 Å². The lowest BCUT2D eigenvalue weighted by Gasteiger charge is -2.40. The third-order valence-corrected chi connectivity index (χ3v) is 6.06. The molecule has 1 atom stereocenters. The van der Waals surface area contributed by atoms with E-state index >= 15 is 0 Å². The third-order valence-electron chi connectivity index (χ3n) is 6.06. The van der Waals surface area contributed by atoms with Crippen LogP contribution in [0.15, 0.2) is 12.4 Å². The molecule has 3 fully saturated rings. The summed E-state index contributed by atoms with van der Waals surface area (Å²) in [4.78, 5) is 14.5. The van der Waals surface area contributed by atoms with Gasteiger partial charge < -0.3 is 9.64 Å². The van der Waals surface area contributed by atoms with E-state index in [2.05, 4.69) is 19.8 Å². The van der Waals surface area contributed by atoms with Crippen molar-refractivity contribution in [3.8, 4) is 0 Å². The largest absolute Gasteiger partial charge is 0.370 e. The van der Waals surface area contributed by atoms with E-state index < -0.39 is 0 Å². The Hall–Kier alpha value is -1.04. The normalized spacial score (nSPS) is 27.4. The van der Waals surface area contributed by atoms with Gasteiger partial charge in [-0.25, -0.2) is 9.97 Å². The summed E-state index contributed by atoms with van der Waals surface area (Å²) in [7, 11) is 0. The fourth-order valence-corrected chi connectivity index (χ4v) is 4.54. The minimum Gasteiger partial charge on any atom is -0.370 e. The molecule has 3 aliphatic rings. The van der Waals surface area contributed by atoms with Crippen molar-refractivity contribution in [2.24, 2.45) is 0 Å². The maximum Gasteiger partial charge on any atom is 0.157 e. The number of rotatable bonds is 4. The van der Waals surface area contributed by atoms with E-state index in [0.29, 0.717) is 0 Å². The van der Waals surface area contributed by atoms with Crippen LogP contribution in [0.1, 0.15) is 68.9 Å². The smallest absolute Gasteiger partial charge is 0.157 e. The minimum absolute atomic E-state index is 0.114. The molecule has 4 rings (SSSR count). The fraction of sp³-hybridized carbons (Fsp3) is 0.800. The van der Waals surface area contributed by atoms with Crippen LogP contribution in [0.3, 0.4) is 0 Å². The Morgan fingerprint density at radius 3 is 2.32 bits per heavy atom. The molecule has 0 radical (unpaired) electrons. The van der Waals surface area contributed by atoms with E-state index in [1.807, 2.05) is 12.4 Å². The molecule has 1 aromatic heterocycles. The molecule has 138 valence electrons. The summed E-state index contributed by atoms with van der Waals surface area (Å²) >= 11 is 0. The van der Waals surface area contributed by atoms with Crippen LogP contribution in [0, 0.1) is 0 Å². The van der Waals surface area contributed by atoms with Gasteiger partial charge in [0.1, 0.15) is 6.10 Å². The van der Waals surface area contributed by atoms with Gasteiger partial charge >= 0.3 is 0 Å². The Balaban J connectivity index is 1.25. The summed E-state index contributed by atoms with van der Waals surface area (Å²) in [5.41, 5.74) is 1.23. The molecule has 3 aliphatic heterocycles. The van der Waals surface area contributed by atoms with Gasteiger partial charge in [-0.05, 0) is 71.1 Å². The lowest BCUT2D eigenvalue weighted by Crippen LogP contribution is -2.46. The van der Waals surface area contributed by atoms with Gasteiger partial charge in [0.25, 0.3) is 0 Å². The molecule has 0 bridgehead atoms. The van der Waals surface area contributed by atoms with Crippen molar-refractivity contribution in [3.63, 3.8) is 0 Å². The van der Waals surface area contributed by atoms with Crippen molar-refractivity contribution in [2.45, 2.75) is 70.1 Å². The molecule has 25 heavy (non-hydrogen) atoms. The molecule has 5 heteroatoms. The monoisotopic (exact) mass is 344 g/mol. The van der Waals surface area contributed by atoms with Crippen molar-refractivity contribution in [3.05, 3.63) is 23.8 Å². The summed E-state index contributed by atoms with van der Waals surface area (Å²) < 4.78 is 5.78. The maximum atomic E-state index is 5.78. The Morgan fingerprint density at radius 2 is 1.64 bits per heavy atom. The number of piperidine rings is 2. The summed E-state index contributed by atoms with van der Waals surface area (Å²) in [5, 5.41) is 0. The second kappa shape index (κ2) is 8.56. The molecular formula is C20H32N4O. The third kappa shape index (κ3) is 4.57. The number of aromatic nitrogens is 2. The standard InChI is InChI=1S/C20H32N4O/c1-3-9-24(10-4-1)18-7-11-23(12-8-18)16-17-14-21-20(22-15-17)19-6-2-5-13-25-19/h14-15,18-19H,1-13,16H2. The highest BCUT2D eigenvalue weighted by molar-refractivity contribution is 5.07. The van der Waals surface area contributed by atoms with E-state index in [1.165, 1.54) is 76.7 Å². The summed E-state index contributed by atoms with van der Waals surface area (Å²) in [6.45, 7) is 6.88. The summed E-state index contributed by atoms with van der Waals surface area (Å²) in [6.07, 6.45) is 14.4. The zero-order valence-corrected chi connectivity index (χ0v) is 15.4. The zero-order chi connectivity index (χ0) is 16.9. The molecule has 1 unspecified atom stereocenters. The molecule has 0 aromatic carbocycles. The van der Waals surface area contributed by atoms with Crippen LogP contribution < -0.4 is 0 Å². The first-order valence-electron chi connectivity index (χ1n) is 10.3. The van der Waals surface area contributed by atoms with Gasteiger partial charge in [-0.3, -0.25) is 4.90 Å². The van der Waals surface area contributed by atoms with E-state index in [4.69, 9.17) is 4.74 Å². The zero-order valence-electron chi connectivity index (χ0n) is 15.4. The molecule has 0 aliphatic carbocycles. The van der Waals surface area contributed by atoms with Gasteiger partial charge in [-0.15, -0.1) is 0 Å². The fourth-order valence-electron chi connectivity index (χ4n) is 4.54. The Kier molecular flexibility index (Phi) is 5.95. The molecule has 0 N–H and O–H groups in total. The predicted molar refractivity (Wildman–Crippen MR) is 98.3 cm³/mol. The molecule has 0 spiro atoms. The van der Waals surface area contributed by atoms with Crippen molar-refractivity contribution < 1.29 is 4.74 Å². The van der Waals surface area contributed by atoms with Gasteiger partial charge in [0.2, 0.25) is 0 Å². The van der Waals surface area contributed by atoms with E-state index in [-0.39, 0.29) is 6.10 Å². The van der Waals surface area contributed by atoms with Gasteiger partial charge in [0, 0.05) is 37.2 Å². The molecule has 4 heterocycles. The number of likely N-dealkylation sites (tertiary alicyclic amines) is 2. The first kappa shape index (κ1) is 17.4. The summed E-state index contributed by atoms with van der Waals surface area (Å²) in [5.74, 6) is 0.868. The van der Waals surface area contributed by atoms with Gasteiger partial charge in [-0.2, -0.15) is 0 Å². The SMILES string of the molecule is c1nc(C2CCCCO2)ncc1CN1CCC(N2CCCCC2)CC1. The second-order valence-electron chi connectivity index (χ2n) is 7.91. The second-order valence-corrected chi connectivity index (χ2v) is 7.91. The van der Waals surface area contributed by atoms with Crippen LogP contribution in [0.25, 0.3) is 0 Å². The van der Waals surface area contributed by atoms with E-state index in [1.54, 1.807) is 0 Å². The van der Waals surface area contributed by atoms with Crippen molar-refractivity contribution >= 4 is 0 Å². The van der Waals surface area contributed by atoms with Gasteiger partial charge in [0.05, 0.1) is 0 Å². The molecule has 3 saturated heterocycles. The van der Waals surface area contributed by atoms with Crippen LogP contribution >= 0.6 is 0 Å². The number of hydrogen-bond donors (Lipinski definition) is 0. The molecular weight excluding hydrogens is 312 g/mol. The van der Waals surface area contributed by atoms with Crippen LogP contribution in [0.5, 0.6) is 0 Å². The van der Waals surface area contributed by atoms with Gasteiger partial charge in [0.15, 0.2) is 5.82 Å². The Bertz CT molecular complexity index is 515. The number of ether oxygens (including phenoxy) is 1. The Labute approximate surface area is 151 Å². The van der Waals surface area contributed by atoms with Crippen molar-refractivity contribution in [1.29, 1.82) is 0 Å². The van der Waals surface area contributed by atoms with Crippen LogP contribution in [0.2, 0.25) is 0 Å². The molecule has 5 nitrogen and oxygen atoms in total. The lowest BCUT2D eigenvalue weighted by molar-refractivity contribution is 0.00937. The highest BCUT2D eigenvalue weighted by Crippen LogP contribution is 2.25. The van der Waals surface area contributed by atoms with Gasteiger partial charge in [-0.1, -0.05) is 6.42 Å². The average Bonchev–Trinajstić information content (AvgIpc) is 2.71. The average molecular weight is 345 g/mol. The highest BCUT2D eigenvalue weighted by Gasteiger charge is 2.25. The highest BCUT2D eigenvalue weighted by atomic mass is 16.5. The van der Waals surface area contributed by atoms with E-state index in [9.17, 15) is 0 Å². The predicted octanol–water partition coefficient (Wildman–Crippen LogP) is 3.17. The quantitative estimate of drug-likeness (QED) is 0.839. The number of nitrogens with zero attached hydrogens (tertiary/aromatic N) is 4. The first-order valence-corrected chi connectivity index (χ1v) is 10.3. The van der Waals surface area contributed by atoms with Crippen LogP contribution in [-0.2, 0) is 11.3 Å². The first-order chi connectivity index (χ1) is 12.4. The lowest BCUT2D eigenvalue weighted by atomic mass is 9.99.